The van der Waals surface area contributed by atoms with Crippen LogP contribution < -0.4 is 0 Å². The molecule has 4 heteroatoms. The number of fused-ring (bicyclic) bond motifs is 5. The van der Waals surface area contributed by atoms with Gasteiger partial charge >= 0.3 is 0 Å². The lowest BCUT2D eigenvalue weighted by molar-refractivity contribution is 0.282. The van der Waals surface area contributed by atoms with Gasteiger partial charge in [0, 0.05) is 34.7 Å². The first-order chi connectivity index (χ1) is 18.6. The summed E-state index contributed by atoms with van der Waals surface area (Å²) in [5.74, 6) is 0.978. The minimum Gasteiger partial charge on any atom is -0.392 e. The zero-order valence-electron chi connectivity index (χ0n) is 21.4. The van der Waals surface area contributed by atoms with Crippen molar-refractivity contribution in [1.29, 1.82) is 0 Å². The van der Waals surface area contributed by atoms with Crippen LogP contribution in [0.4, 0.5) is 0 Å². The van der Waals surface area contributed by atoms with Crippen molar-refractivity contribution in [1.82, 2.24) is 0 Å². The Morgan fingerprint density at radius 1 is 1.03 bits per heavy atom. The van der Waals surface area contributed by atoms with E-state index in [0.717, 1.165) is 30.2 Å². The van der Waals surface area contributed by atoms with E-state index in [1.807, 2.05) is 24.5 Å². The molecule has 1 aromatic heterocycles. The molecule has 0 saturated carbocycles. The van der Waals surface area contributed by atoms with Crippen LogP contribution in [0.25, 0.3) is 22.4 Å². The maximum absolute atomic E-state index is 9.53. The second kappa shape index (κ2) is 10.9. The minimum atomic E-state index is -0.0266. The summed E-state index contributed by atoms with van der Waals surface area (Å²) in [6.45, 7) is 2.32. The third kappa shape index (κ3) is 4.82. The Morgan fingerprint density at radius 2 is 1.89 bits per heavy atom. The van der Waals surface area contributed by atoms with Gasteiger partial charge in [-0.05, 0) is 92.6 Å². The van der Waals surface area contributed by atoms with Crippen molar-refractivity contribution in [2.75, 3.05) is 0 Å². The van der Waals surface area contributed by atoms with Crippen molar-refractivity contribution >= 4 is 51.6 Å². The van der Waals surface area contributed by atoms with Crippen molar-refractivity contribution in [3.63, 3.8) is 0 Å². The first kappa shape index (κ1) is 25.1. The summed E-state index contributed by atoms with van der Waals surface area (Å²) in [6.07, 6.45) is 13.7. The molecular formula is C34H30ClNOS. The summed E-state index contributed by atoms with van der Waals surface area (Å²) in [5.41, 5.74) is 9.27. The van der Waals surface area contributed by atoms with Gasteiger partial charge < -0.3 is 5.11 Å². The highest BCUT2D eigenvalue weighted by molar-refractivity contribution is 7.11. The molecule has 2 heterocycles. The van der Waals surface area contributed by atoms with Crippen LogP contribution in [0, 0.1) is 5.92 Å². The van der Waals surface area contributed by atoms with E-state index >= 15 is 0 Å². The van der Waals surface area contributed by atoms with Crippen molar-refractivity contribution in [3.8, 4) is 0 Å². The lowest BCUT2D eigenvalue weighted by Crippen LogP contribution is -2.18. The monoisotopic (exact) mass is 535 g/mol. The Bertz CT molecular complexity index is 1610. The number of benzene rings is 3. The van der Waals surface area contributed by atoms with E-state index in [9.17, 15) is 5.11 Å². The van der Waals surface area contributed by atoms with Crippen LogP contribution >= 0.6 is 22.9 Å². The number of aliphatic imine (C=N–C) groups is 1. The van der Waals surface area contributed by atoms with Crippen LogP contribution in [0.5, 0.6) is 0 Å². The molecule has 0 bridgehead atoms. The minimum absolute atomic E-state index is 0.0266. The van der Waals surface area contributed by atoms with E-state index in [1.165, 1.54) is 38.1 Å². The fraction of sp³-hybridized carbons (Fsp3) is 0.206. The number of allylic oxidation sites excluding steroid dienone is 4. The Morgan fingerprint density at radius 3 is 2.74 bits per heavy atom. The molecule has 0 spiro atoms. The first-order valence-electron chi connectivity index (χ1n) is 13.2. The number of rotatable bonds is 2. The molecule has 0 amide bonds. The van der Waals surface area contributed by atoms with Gasteiger partial charge in [-0.2, -0.15) is 0 Å². The van der Waals surface area contributed by atoms with E-state index in [2.05, 4.69) is 84.1 Å². The predicted octanol–water partition coefficient (Wildman–Crippen LogP) is 9.02. The first-order valence-corrected chi connectivity index (χ1v) is 14.4. The lowest BCUT2D eigenvalue weighted by Gasteiger charge is -2.33. The standard InChI is InChI=1S/C26H23ClO.C8H7NS/c1-16-11-25-22(10-8-19-12-20(15-28)26(27)14-24(19)25)21-9-7-18(13-23(16)21)17-5-3-2-4-6-17;1-4-9-5-2-8-7(1)3-6-10-8/h2-10,12,14,16,18,28H,11,13,15H2,1H3;2-6H,1H2. The third-order valence-electron chi connectivity index (χ3n) is 7.88. The molecule has 1 aliphatic heterocycles. The van der Waals surface area contributed by atoms with Crippen LogP contribution in [0.2, 0.25) is 5.02 Å². The molecule has 7 rings (SSSR count). The summed E-state index contributed by atoms with van der Waals surface area (Å²) >= 11 is 8.19. The fourth-order valence-electron chi connectivity index (χ4n) is 5.86. The maximum Gasteiger partial charge on any atom is 0.0696 e. The Kier molecular flexibility index (Phi) is 7.16. The average molecular weight is 536 g/mol. The highest BCUT2D eigenvalue weighted by Crippen LogP contribution is 2.46. The maximum atomic E-state index is 9.53. The average Bonchev–Trinajstić information content (AvgIpc) is 3.29. The van der Waals surface area contributed by atoms with Gasteiger partial charge in [-0.3, -0.25) is 4.99 Å². The van der Waals surface area contributed by atoms with Gasteiger partial charge in [-0.15, -0.1) is 11.3 Å². The van der Waals surface area contributed by atoms with Gasteiger partial charge in [0.15, 0.2) is 0 Å². The van der Waals surface area contributed by atoms with Crippen molar-refractivity contribution < 1.29 is 5.11 Å². The molecule has 0 radical (unpaired) electrons. The summed E-state index contributed by atoms with van der Waals surface area (Å²) in [7, 11) is 0. The second-order valence-corrected chi connectivity index (χ2v) is 11.6. The number of thiophene rings is 1. The quantitative estimate of drug-likeness (QED) is 0.273. The Labute approximate surface area is 233 Å². The van der Waals surface area contributed by atoms with E-state index in [1.54, 1.807) is 16.9 Å². The van der Waals surface area contributed by atoms with Gasteiger partial charge in [0.1, 0.15) is 0 Å². The van der Waals surface area contributed by atoms with Crippen LogP contribution in [0.1, 0.15) is 52.0 Å². The van der Waals surface area contributed by atoms with Gasteiger partial charge in [-0.25, -0.2) is 0 Å². The third-order valence-corrected chi connectivity index (χ3v) is 9.16. The van der Waals surface area contributed by atoms with Gasteiger partial charge in [-0.1, -0.05) is 78.7 Å². The normalized spacial score (nSPS) is 19.3. The van der Waals surface area contributed by atoms with Crippen molar-refractivity contribution in [2.24, 2.45) is 10.9 Å². The fourth-order valence-corrected chi connectivity index (χ4v) is 6.90. The largest absolute Gasteiger partial charge is 0.392 e. The molecule has 190 valence electrons. The highest BCUT2D eigenvalue weighted by atomic mass is 35.5. The molecule has 3 aliphatic rings. The summed E-state index contributed by atoms with van der Waals surface area (Å²) < 4.78 is 0. The number of halogens is 1. The molecule has 38 heavy (non-hydrogen) atoms. The highest BCUT2D eigenvalue weighted by Gasteiger charge is 2.29. The molecule has 2 aliphatic carbocycles. The topological polar surface area (TPSA) is 32.6 Å². The molecule has 4 aromatic rings. The number of hydrogen-bond donors (Lipinski definition) is 1. The molecule has 0 fully saturated rings. The zero-order chi connectivity index (χ0) is 26.1. The zero-order valence-corrected chi connectivity index (χ0v) is 23.0. The summed E-state index contributed by atoms with van der Waals surface area (Å²) in [6, 6.07) is 21.4. The Hall–Kier alpha value is -3.24. The van der Waals surface area contributed by atoms with Crippen LogP contribution in [-0.4, -0.2) is 11.3 Å². The van der Waals surface area contributed by atoms with E-state index < -0.39 is 0 Å². The van der Waals surface area contributed by atoms with Gasteiger partial charge in [0.2, 0.25) is 0 Å². The van der Waals surface area contributed by atoms with Crippen LogP contribution in [0.15, 0.2) is 95.0 Å². The lowest BCUT2D eigenvalue weighted by atomic mass is 9.71. The molecule has 2 nitrogen and oxygen atoms in total. The molecule has 0 saturated heterocycles. The molecular weight excluding hydrogens is 506 g/mol. The van der Waals surface area contributed by atoms with Crippen molar-refractivity contribution in [2.45, 2.75) is 38.7 Å². The number of aliphatic hydroxyl groups excluding tert-OH is 1. The molecule has 2 atom stereocenters. The van der Waals surface area contributed by atoms with Crippen LogP contribution in [0.3, 0.4) is 0 Å². The molecule has 2 unspecified atom stereocenters. The smallest absolute Gasteiger partial charge is 0.0696 e. The molecule has 1 N–H and O–H groups in total. The van der Waals surface area contributed by atoms with Gasteiger partial charge in [0.05, 0.1) is 6.61 Å². The SMILES string of the molecule is C1=Cc2sccc2CC=N1.CC1Cc2c(ccc3cc(CO)c(Cl)cc23)C2=C1CC(c1ccccc1)C=C2. The number of hydrogen-bond acceptors (Lipinski definition) is 3. The second-order valence-electron chi connectivity index (χ2n) is 10.2. The number of nitrogens with zero attached hydrogens (tertiary/aromatic N) is 1. The Balaban J connectivity index is 0.000000221. The van der Waals surface area contributed by atoms with E-state index in [0.29, 0.717) is 16.9 Å². The van der Waals surface area contributed by atoms with E-state index in [4.69, 9.17) is 11.6 Å². The molecule has 3 aromatic carbocycles. The predicted molar refractivity (Wildman–Crippen MR) is 163 cm³/mol. The summed E-state index contributed by atoms with van der Waals surface area (Å²) in [4.78, 5) is 5.40. The van der Waals surface area contributed by atoms with Crippen LogP contribution in [-0.2, 0) is 19.4 Å². The number of aliphatic hydroxyl groups is 1. The van der Waals surface area contributed by atoms with E-state index in [-0.39, 0.29) is 6.61 Å². The summed E-state index contributed by atoms with van der Waals surface area (Å²) in [5, 5.41) is 14.7. The van der Waals surface area contributed by atoms with Gasteiger partial charge in [0.25, 0.3) is 0 Å². The van der Waals surface area contributed by atoms with Crippen molar-refractivity contribution in [3.05, 3.63) is 128 Å².